The van der Waals surface area contributed by atoms with E-state index in [-0.39, 0.29) is 31.6 Å². The highest BCUT2D eigenvalue weighted by atomic mass is 19.3. The minimum Gasteiger partial charge on any atom is -0.415 e. The van der Waals surface area contributed by atoms with Gasteiger partial charge in [-0.1, -0.05) is 18.2 Å². The molecule has 0 bridgehead atoms. The fraction of sp³-hybridized carbons (Fsp3) is 0.364. The highest BCUT2D eigenvalue weighted by molar-refractivity contribution is 6.00. The molecule has 3 heterocycles. The number of halogens is 3. The van der Waals surface area contributed by atoms with Crippen molar-refractivity contribution in [2.75, 3.05) is 18.0 Å². The van der Waals surface area contributed by atoms with Crippen molar-refractivity contribution in [1.29, 1.82) is 0 Å². The molecule has 1 aromatic carbocycles. The average Bonchev–Trinajstić information content (AvgIpc) is 3.26. The van der Waals surface area contributed by atoms with E-state index in [2.05, 4.69) is 15.2 Å². The molecule has 4 rings (SSSR count). The predicted octanol–water partition coefficient (Wildman–Crippen LogP) is 4.03. The SMILES string of the molecule is CC(C)N1CC(F)(C(=O)N(Cc2ccc(-c3nnc(C(F)F)o3)cn2)c2ccccc2)C1. The Morgan fingerprint density at radius 3 is 2.44 bits per heavy atom. The van der Waals surface area contributed by atoms with Crippen molar-refractivity contribution in [3.05, 3.63) is 60.2 Å². The van der Waals surface area contributed by atoms with Crippen LogP contribution in [0.2, 0.25) is 0 Å². The molecular weight excluding hydrogens is 423 g/mol. The molecule has 10 heteroatoms. The van der Waals surface area contributed by atoms with E-state index >= 15 is 4.39 Å². The van der Waals surface area contributed by atoms with Gasteiger partial charge < -0.3 is 9.32 Å². The maximum atomic E-state index is 15.4. The summed E-state index contributed by atoms with van der Waals surface area (Å²) in [7, 11) is 0. The molecule has 32 heavy (non-hydrogen) atoms. The molecule has 2 aromatic heterocycles. The van der Waals surface area contributed by atoms with Crippen LogP contribution < -0.4 is 4.90 Å². The maximum Gasteiger partial charge on any atom is 0.314 e. The number of hydrogen-bond acceptors (Lipinski definition) is 6. The van der Waals surface area contributed by atoms with Crippen molar-refractivity contribution in [3.8, 4) is 11.5 Å². The van der Waals surface area contributed by atoms with Gasteiger partial charge in [-0.3, -0.25) is 14.7 Å². The number of carbonyl (C=O) groups is 1. The number of benzene rings is 1. The largest absolute Gasteiger partial charge is 0.415 e. The quantitative estimate of drug-likeness (QED) is 0.547. The summed E-state index contributed by atoms with van der Waals surface area (Å²) in [4.78, 5) is 20.7. The van der Waals surface area contributed by atoms with E-state index in [1.807, 2.05) is 24.8 Å². The van der Waals surface area contributed by atoms with Crippen LogP contribution in [0.15, 0.2) is 53.1 Å². The summed E-state index contributed by atoms with van der Waals surface area (Å²) in [5.41, 5.74) is -0.556. The molecule has 1 fully saturated rings. The summed E-state index contributed by atoms with van der Waals surface area (Å²) < 4.78 is 45.6. The fourth-order valence-electron chi connectivity index (χ4n) is 3.47. The number of rotatable bonds is 7. The lowest BCUT2D eigenvalue weighted by Gasteiger charge is -2.47. The molecule has 0 atom stereocenters. The van der Waals surface area contributed by atoms with Gasteiger partial charge in [-0.2, -0.15) is 8.78 Å². The second-order valence-electron chi connectivity index (χ2n) is 7.98. The predicted molar refractivity (Wildman–Crippen MR) is 111 cm³/mol. The van der Waals surface area contributed by atoms with Crippen molar-refractivity contribution in [1.82, 2.24) is 20.1 Å². The van der Waals surface area contributed by atoms with Crippen LogP contribution in [0, 0.1) is 0 Å². The number of nitrogens with zero attached hydrogens (tertiary/aromatic N) is 5. The van der Waals surface area contributed by atoms with E-state index < -0.39 is 23.9 Å². The summed E-state index contributed by atoms with van der Waals surface area (Å²) in [6.45, 7) is 4.05. The number of alkyl halides is 3. The van der Waals surface area contributed by atoms with Gasteiger partial charge in [0.15, 0.2) is 0 Å². The van der Waals surface area contributed by atoms with Crippen molar-refractivity contribution < 1.29 is 22.4 Å². The number of aromatic nitrogens is 3. The third-order valence-electron chi connectivity index (χ3n) is 5.35. The van der Waals surface area contributed by atoms with Gasteiger partial charge in [0.2, 0.25) is 11.6 Å². The maximum absolute atomic E-state index is 15.4. The Hall–Kier alpha value is -3.27. The first-order valence-electron chi connectivity index (χ1n) is 10.1. The molecule has 7 nitrogen and oxygen atoms in total. The summed E-state index contributed by atoms with van der Waals surface area (Å²) in [6, 6.07) is 12.2. The number of carbonyl (C=O) groups excluding carboxylic acids is 1. The van der Waals surface area contributed by atoms with Crippen molar-refractivity contribution >= 4 is 11.6 Å². The smallest absolute Gasteiger partial charge is 0.314 e. The van der Waals surface area contributed by atoms with Crippen LogP contribution in [-0.4, -0.2) is 50.8 Å². The van der Waals surface area contributed by atoms with E-state index in [1.54, 1.807) is 36.4 Å². The van der Waals surface area contributed by atoms with Crippen LogP contribution in [0.1, 0.15) is 31.9 Å². The van der Waals surface area contributed by atoms with Gasteiger partial charge in [0.25, 0.3) is 11.8 Å². The highest BCUT2D eigenvalue weighted by Gasteiger charge is 2.52. The Bertz CT molecular complexity index is 1070. The van der Waals surface area contributed by atoms with E-state index in [1.165, 1.54) is 11.1 Å². The molecule has 3 aromatic rings. The molecule has 1 saturated heterocycles. The van der Waals surface area contributed by atoms with Gasteiger partial charge in [-0.05, 0) is 38.1 Å². The first kappa shape index (κ1) is 21.9. The van der Waals surface area contributed by atoms with Crippen LogP contribution in [0.3, 0.4) is 0 Å². The Morgan fingerprint density at radius 2 is 1.88 bits per heavy atom. The molecular formula is C22H22F3N5O2. The van der Waals surface area contributed by atoms with E-state index in [4.69, 9.17) is 4.42 Å². The topological polar surface area (TPSA) is 75.4 Å². The molecule has 0 unspecified atom stereocenters. The van der Waals surface area contributed by atoms with Gasteiger partial charge in [0, 0.05) is 31.0 Å². The standard InChI is InChI=1S/C22H22F3N5O2/c1-14(2)29-12-22(25,13-29)21(31)30(17-6-4-3-5-7-17)11-16-9-8-15(10-26-16)19-27-28-20(32-19)18(23)24/h3-10,14,18H,11-13H2,1-2H3. The molecule has 1 aliphatic heterocycles. The van der Waals surface area contributed by atoms with Crippen LogP contribution >= 0.6 is 0 Å². The minimum atomic E-state index is -2.86. The fourth-order valence-corrected chi connectivity index (χ4v) is 3.47. The number of anilines is 1. The number of pyridine rings is 1. The molecule has 0 aliphatic carbocycles. The summed E-state index contributed by atoms with van der Waals surface area (Å²) in [5, 5.41) is 6.88. The van der Waals surface area contributed by atoms with E-state index in [0.29, 0.717) is 16.9 Å². The van der Waals surface area contributed by atoms with Crippen molar-refractivity contribution in [2.45, 2.75) is 38.5 Å². The Morgan fingerprint density at radius 1 is 1.16 bits per heavy atom. The third kappa shape index (κ3) is 4.36. The number of hydrogen-bond donors (Lipinski definition) is 0. The Kier molecular flexibility index (Phi) is 5.96. The van der Waals surface area contributed by atoms with Crippen molar-refractivity contribution in [3.63, 3.8) is 0 Å². The molecule has 0 saturated carbocycles. The van der Waals surface area contributed by atoms with E-state index in [9.17, 15) is 13.6 Å². The van der Waals surface area contributed by atoms with Gasteiger partial charge in [0.1, 0.15) is 0 Å². The van der Waals surface area contributed by atoms with E-state index in [0.717, 1.165) is 0 Å². The first-order chi connectivity index (χ1) is 15.3. The highest BCUT2D eigenvalue weighted by Crippen LogP contribution is 2.32. The number of amides is 1. The molecule has 168 valence electrons. The zero-order valence-corrected chi connectivity index (χ0v) is 17.6. The lowest BCUT2D eigenvalue weighted by Crippen LogP contribution is -2.68. The third-order valence-corrected chi connectivity index (χ3v) is 5.35. The monoisotopic (exact) mass is 445 g/mol. The normalized spacial score (nSPS) is 15.7. The minimum absolute atomic E-state index is 0.0442. The summed E-state index contributed by atoms with van der Waals surface area (Å²) in [5.74, 6) is -1.47. The number of likely N-dealkylation sites (tertiary alicyclic amines) is 1. The molecule has 0 spiro atoms. The summed E-state index contributed by atoms with van der Waals surface area (Å²) >= 11 is 0. The zero-order chi connectivity index (χ0) is 22.9. The van der Waals surface area contributed by atoms with Crippen LogP contribution in [0.5, 0.6) is 0 Å². The van der Waals surface area contributed by atoms with Gasteiger partial charge in [0.05, 0.1) is 17.8 Å². The summed E-state index contributed by atoms with van der Waals surface area (Å²) in [6.07, 6.45) is -1.47. The molecule has 0 radical (unpaired) electrons. The van der Waals surface area contributed by atoms with Gasteiger partial charge >= 0.3 is 6.43 Å². The lowest BCUT2D eigenvalue weighted by molar-refractivity contribution is -0.144. The van der Waals surface area contributed by atoms with Crippen LogP contribution in [0.4, 0.5) is 18.9 Å². The molecule has 0 N–H and O–H groups in total. The molecule has 1 aliphatic rings. The van der Waals surface area contributed by atoms with Gasteiger partial charge in [-0.15, -0.1) is 10.2 Å². The van der Waals surface area contributed by atoms with Gasteiger partial charge in [-0.25, -0.2) is 4.39 Å². The van der Waals surface area contributed by atoms with Crippen molar-refractivity contribution in [2.24, 2.45) is 0 Å². The van der Waals surface area contributed by atoms with Crippen LogP contribution in [-0.2, 0) is 11.3 Å². The van der Waals surface area contributed by atoms with Crippen LogP contribution in [0.25, 0.3) is 11.5 Å². The number of para-hydroxylation sites is 1. The lowest BCUT2D eigenvalue weighted by atomic mass is 9.92. The Labute approximate surface area is 182 Å². The second kappa shape index (κ2) is 8.70. The first-order valence-corrected chi connectivity index (χ1v) is 10.1. The Balaban J connectivity index is 1.54. The zero-order valence-electron chi connectivity index (χ0n) is 17.6. The average molecular weight is 445 g/mol. The second-order valence-corrected chi connectivity index (χ2v) is 7.98. The molecule has 1 amide bonds.